The second-order valence-electron chi connectivity index (χ2n) is 10.4. The Labute approximate surface area is 234 Å². The van der Waals surface area contributed by atoms with Crippen LogP contribution in [0.4, 0.5) is 4.39 Å². The molecule has 2 N–H and O–H groups in total. The van der Waals surface area contributed by atoms with Gasteiger partial charge in [-0.15, -0.1) is 0 Å². The highest BCUT2D eigenvalue weighted by Crippen LogP contribution is 2.40. The van der Waals surface area contributed by atoms with Crippen LogP contribution < -0.4 is 10.6 Å². The molecule has 1 aliphatic heterocycles. The fraction of sp³-hybridized carbons (Fsp3) is 0.375. The van der Waals surface area contributed by atoms with Gasteiger partial charge < -0.3 is 15.5 Å². The van der Waals surface area contributed by atoms with Gasteiger partial charge in [0.1, 0.15) is 11.9 Å². The zero-order chi connectivity index (χ0) is 27.0. The number of thioether (sulfide) groups is 1. The fourth-order valence-electron chi connectivity index (χ4n) is 5.21. The number of nitrogens with zero attached hydrogens (tertiary/aromatic N) is 1. The van der Waals surface area contributed by atoms with E-state index in [0.717, 1.165) is 62.2 Å². The Bertz CT molecular complexity index is 1230. The average Bonchev–Trinajstić information content (AvgIpc) is 3.77. The first-order valence-corrected chi connectivity index (χ1v) is 15.1. The van der Waals surface area contributed by atoms with Gasteiger partial charge in [0, 0.05) is 48.7 Å². The lowest BCUT2D eigenvalue weighted by Crippen LogP contribution is -2.51. The first-order chi connectivity index (χ1) is 19.1. The molecule has 0 aromatic heterocycles. The summed E-state index contributed by atoms with van der Waals surface area (Å²) in [6.45, 7) is 2.35. The molecule has 1 heterocycles. The van der Waals surface area contributed by atoms with Gasteiger partial charge in [-0.1, -0.05) is 54.6 Å². The first kappa shape index (κ1) is 27.4. The lowest BCUT2D eigenvalue weighted by atomic mass is 10.0. The number of halogens is 1. The maximum Gasteiger partial charge on any atom is 0.251 e. The third kappa shape index (κ3) is 7.49. The highest BCUT2D eigenvalue weighted by molar-refractivity contribution is 7.99. The summed E-state index contributed by atoms with van der Waals surface area (Å²) in [5.41, 5.74) is 3.88. The second-order valence-corrected chi connectivity index (χ2v) is 11.5. The molecular formula is C32H36FN3O2S. The monoisotopic (exact) mass is 545 g/mol. The van der Waals surface area contributed by atoms with Crippen molar-refractivity contribution >= 4 is 23.6 Å². The largest absolute Gasteiger partial charge is 0.341 e. The van der Waals surface area contributed by atoms with Crippen LogP contribution in [0.5, 0.6) is 0 Å². The molecule has 0 bridgehead atoms. The van der Waals surface area contributed by atoms with Gasteiger partial charge in [-0.3, -0.25) is 9.59 Å². The van der Waals surface area contributed by atoms with Crippen LogP contribution in [0.3, 0.4) is 0 Å². The molecule has 0 radical (unpaired) electrons. The predicted molar refractivity (Wildman–Crippen MR) is 156 cm³/mol. The van der Waals surface area contributed by atoms with Gasteiger partial charge in [0.25, 0.3) is 5.91 Å². The number of hydrogen-bond acceptors (Lipinski definition) is 4. The smallest absolute Gasteiger partial charge is 0.251 e. The SMILES string of the molecule is O=C(N[C@@H](CSCCNC1C[C@H]1c1ccc(F)cc1)C(=O)N1CCCCC1)c1ccc(-c2ccccc2)cc1. The number of benzene rings is 3. The van der Waals surface area contributed by atoms with E-state index in [-0.39, 0.29) is 17.6 Å². The van der Waals surface area contributed by atoms with Crippen LogP contribution >= 0.6 is 11.8 Å². The van der Waals surface area contributed by atoms with E-state index in [2.05, 4.69) is 10.6 Å². The van der Waals surface area contributed by atoms with Gasteiger partial charge in [-0.25, -0.2) is 4.39 Å². The summed E-state index contributed by atoms with van der Waals surface area (Å²) in [5, 5.41) is 6.61. The third-order valence-corrected chi connectivity index (χ3v) is 8.61. The molecule has 1 unspecified atom stereocenters. The van der Waals surface area contributed by atoms with Crippen LogP contribution in [0.2, 0.25) is 0 Å². The molecular weight excluding hydrogens is 509 g/mol. The molecule has 2 aliphatic rings. The molecule has 3 aromatic carbocycles. The fourth-order valence-corrected chi connectivity index (χ4v) is 6.10. The second kappa shape index (κ2) is 13.3. The summed E-state index contributed by atoms with van der Waals surface area (Å²) in [7, 11) is 0. The minimum absolute atomic E-state index is 0.0166. The maximum absolute atomic E-state index is 13.4. The molecule has 1 aliphatic carbocycles. The number of nitrogens with one attached hydrogen (secondary N) is 2. The van der Waals surface area contributed by atoms with Gasteiger partial charge >= 0.3 is 0 Å². The maximum atomic E-state index is 13.4. The van der Waals surface area contributed by atoms with Crippen molar-refractivity contribution in [2.45, 2.75) is 43.7 Å². The van der Waals surface area contributed by atoms with E-state index in [9.17, 15) is 14.0 Å². The van der Waals surface area contributed by atoms with Crippen LogP contribution in [-0.2, 0) is 4.79 Å². The molecule has 39 heavy (non-hydrogen) atoms. The number of amides is 2. The number of rotatable bonds is 11. The van der Waals surface area contributed by atoms with Crippen molar-refractivity contribution in [3.05, 3.63) is 95.8 Å². The van der Waals surface area contributed by atoms with Crippen LogP contribution in [0.1, 0.15) is 47.5 Å². The van der Waals surface area contributed by atoms with Crippen molar-refractivity contribution in [2.75, 3.05) is 31.1 Å². The molecule has 1 saturated heterocycles. The van der Waals surface area contributed by atoms with Crippen LogP contribution in [0.15, 0.2) is 78.9 Å². The molecule has 5 nitrogen and oxygen atoms in total. The minimum atomic E-state index is -0.553. The van der Waals surface area contributed by atoms with E-state index < -0.39 is 6.04 Å². The van der Waals surface area contributed by atoms with E-state index in [4.69, 9.17) is 0 Å². The predicted octanol–water partition coefficient (Wildman–Crippen LogP) is 5.48. The third-order valence-electron chi connectivity index (χ3n) is 7.55. The Morgan fingerprint density at radius 3 is 2.31 bits per heavy atom. The van der Waals surface area contributed by atoms with Gasteiger partial charge in [-0.2, -0.15) is 11.8 Å². The Morgan fingerprint density at radius 1 is 0.897 bits per heavy atom. The van der Waals surface area contributed by atoms with Crippen molar-refractivity contribution in [1.82, 2.24) is 15.5 Å². The van der Waals surface area contributed by atoms with Gasteiger partial charge in [0.05, 0.1) is 0 Å². The summed E-state index contributed by atoms with van der Waals surface area (Å²) in [6, 6.07) is 24.2. The Morgan fingerprint density at radius 2 is 1.59 bits per heavy atom. The van der Waals surface area contributed by atoms with Crippen molar-refractivity contribution < 1.29 is 14.0 Å². The molecule has 0 spiro atoms. The van der Waals surface area contributed by atoms with Gasteiger partial charge in [0.15, 0.2) is 0 Å². The van der Waals surface area contributed by atoms with Crippen molar-refractivity contribution in [2.24, 2.45) is 0 Å². The number of piperidine rings is 1. The van der Waals surface area contributed by atoms with E-state index >= 15 is 0 Å². The van der Waals surface area contributed by atoms with Gasteiger partial charge in [0.2, 0.25) is 5.91 Å². The number of carbonyl (C=O) groups is 2. The quantitative estimate of drug-likeness (QED) is 0.313. The number of likely N-dealkylation sites (tertiary alicyclic amines) is 1. The zero-order valence-electron chi connectivity index (χ0n) is 22.2. The minimum Gasteiger partial charge on any atom is -0.341 e. The van der Waals surface area contributed by atoms with Crippen molar-refractivity contribution in [1.29, 1.82) is 0 Å². The van der Waals surface area contributed by atoms with E-state index in [0.29, 0.717) is 23.3 Å². The van der Waals surface area contributed by atoms with Crippen molar-refractivity contribution in [3.8, 4) is 11.1 Å². The van der Waals surface area contributed by atoms with E-state index in [1.807, 2.05) is 71.6 Å². The zero-order valence-corrected chi connectivity index (χ0v) is 23.0. The van der Waals surface area contributed by atoms with E-state index in [1.165, 1.54) is 17.7 Å². The van der Waals surface area contributed by atoms with Crippen LogP contribution in [-0.4, -0.2) is 59.9 Å². The highest BCUT2D eigenvalue weighted by atomic mass is 32.2. The molecule has 2 amide bonds. The van der Waals surface area contributed by atoms with Crippen LogP contribution in [0.25, 0.3) is 11.1 Å². The summed E-state index contributed by atoms with van der Waals surface area (Å²) in [5.74, 6) is 1.42. The number of carbonyl (C=O) groups excluding carboxylic acids is 2. The summed E-state index contributed by atoms with van der Waals surface area (Å²) in [6.07, 6.45) is 4.24. The lowest BCUT2D eigenvalue weighted by molar-refractivity contribution is -0.133. The lowest BCUT2D eigenvalue weighted by Gasteiger charge is -2.30. The number of hydrogen-bond donors (Lipinski definition) is 2. The molecule has 3 aromatic rings. The van der Waals surface area contributed by atoms with Gasteiger partial charge in [-0.05, 0) is 66.6 Å². The molecule has 3 atom stereocenters. The molecule has 5 rings (SSSR count). The summed E-state index contributed by atoms with van der Waals surface area (Å²) < 4.78 is 13.2. The molecule has 1 saturated carbocycles. The Kier molecular flexibility index (Phi) is 9.32. The van der Waals surface area contributed by atoms with E-state index in [1.54, 1.807) is 11.8 Å². The van der Waals surface area contributed by atoms with Crippen LogP contribution in [0, 0.1) is 5.82 Å². The summed E-state index contributed by atoms with van der Waals surface area (Å²) >= 11 is 1.69. The highest BCUT2D eigenvalue weighted by Gasteiger charge is 2.37. The summed E-state index contributed by atoms with van der Waals surface area (Å²) in [4.78, 5) is 28.4. The Hall–Kier alpha value is -3.16. The standard InChI is InChI=1S/C32H36FN3O2S/c33-27-15-13-25(14-16-27)28-21-29(28)34-17-20-39-22-30(32(38)36-18-5-2-6-19-36)35-31(37)26-11-9-24(10-12-26)23-7-3-1-4-8-23/h1,3-4,7-16,28-30,34H,2,5-6,17-22H2,(H,35,37)/t28-,29?,30-/m0/s1. The first-order valence-electron chi connectivity index (χ1n) is 13.9. The average molecular weight is 546 g/mol. The molecule has 7 heteroatoms. The van der Waals surface area contributed by atoms with Crippen molar-refractivity contribution in [3.63, 3.8) is 0 Å². The normalized spacial score (nSPS) is 19.4. The molecule has 204 valence electrons. The molecule has 2 fully saturated rings. The Balaban J connectivity index is 1.13. The topological polar surface area (TPSA) is 61.4 Å².